The maximum Gasteiger partial charge on any atom is 0.324 e. The van der Waals surface area contributed by atoms with Crippen molar-refractivity contribution in [2.75, 3.05) is 38.8 Å². The SMILES string of the molecule is COCC(=O)N1CCC(N2C(=O)N(C)Cc3cnc4ccc(-c5cnc6c(c5)C=CC6)nc4c32)CC1. The maximum atomic E-state index is 13.5. The summed E-state index contributed by atoms with van der Waals surface area (Å²) >= 11 is 0. The topological polar surface area (TPSA) is 91.8 Å². The lowest BCUT2D eigenvalue weighted by Gasteiger charge is -2.43. The first-order valence-electron chi connectivity index (χ1n) is 12.3. The van der Waals surface area contributed by atoms with E-state index in [0.717, 1.165) is 51.2 Å². The lowest BCUT2D eigenvalue weighted by Crippen LogP contribution is -2.54. The highest BCUT2D eigenvalue weighted by Gasteiger charge is 2.37. The second kappa shape index (κ2) is 8.98. The molecule has 3 amide bonds. The zero-order chi connectivity index (χ0) is 24.8. The molecule has 2 aliphatic heterocycles. The number of aromatic nitrogens is 3. The van der Waals surface area contributed by atoms with E-state index in [2.05, 4.69) is 28.2 Å². The van der Waals surface area contributed by atoms with E-state index in [0.29, 0.717) is 32.5 Å². The van der Waals surface area contributed by atoms with E-state index in [1.165, 1.54) is 7.11 Å². The smallest absolute Gasteiger partial charge is 0.324 e. The number of methoxy groups -OCH3 is 1. The summed E-state index contributed by atoms with van der Waals surface area (Å²) in [6.45, 7) is 1.74. The Morgan fingerprint density at radius 1 is 1.17 bits per heavy atom. The number of anilines is 1. The molecule has 0 unspecified atom stereocenters. The van der Waals surface area contributed by atoms with Crippen LogP contribution in [0.5, 0.6) is 0 Å². The van der Waals surface area contributed by atoms with Crippen molar-refractivity contribution in [2.45, 2.75) is 31.8 Å². The van der Waals surface area contributed by atoms with Crippen LogP contribution in [0.1, 0.15) is 29.7 Å². The van der Waals surface area contributed by atoms with Crippen molar-refractivity contribution in [3.63, 3.8) is 0 Å². The van der Waals surface area contributed by atoms with Crippen LogP contribution in [-0.2, 0) is 22.5 Å². The predicted molar refractivity (Wildman–Crippen MR) is 136 cm³/mol. The van der Waals surface area contributed by atoms with Crippen molar-refractivity contribution in [2.24, 2.45) is 0 Å². The van der Waals surface area contributed by atoms with Crippen LogP contribution in [0.4, 0.5) is 10.5 Å². The van der Waals surface area contributed by atoms with Gasteiger partial charge in [0.2, 0.25) is 5.91 Å². The molecule has 5 heterocycles. The first-order chi connectivity index (χ1) is 17.5. The van der Waals surface area contributed by atoms with Crippen molar-refractivity contribution in [3.05, 3.63) is 53.5 Å². The Balaban J connectivity index is 1.39. The fourth-order valence-electron chi connectivity index (χ4n) is 5.43. The number of carbonyl (C=O) groups is 2. The summed E-state index contributed by atoms with van der Waals surface area (Å²) in [5.41, 5.74) is 7.23. The Kier molecular flexibility index (Phi) is 5.64. The molecule has 3 aromatic heterocycles. The monoisotopic (exact) mass is 484 g/mol. The molecule has 0 N–H and O–H groups in total. The number of urea groups is 1. The van der Waals surface area contributed by atoms with Gasteiger partial charge in [0.05, 0.1) is 29.1 Å². The molecule has 1 aliphatic carbocycles. The van der Waals surface area contributed by atoms with Gasteiger partial charge in [0.1, 0.15) is 12.1 Å². The van der Waals surface area contributed by atoms with Crippen molar-refractivity contribution in [1.29, 1.82) is 0 Å². The molecular weight excluding hydrogens is 456 g/mol. The number of hydrogen-bond acceptors (Lipinski definition) is 6. The van der Waals surface area contributed by atoms with Crippen molar-refractivity contribution >= 4 is 34.7 Å². The quantitative estimate of drug-likeness (QED) is 0.565. The number of fused-ring (bicyclic) bond motifs is 4. The van der Waals surface area contributed by atoms with Gasteiger partial charge in [-0.2, -0.15) is 0 Å². The van der Waals surface area contributed by atoms with Crippen LogP contribution in [0.2, 0.25) is 0 Å². The summed E-state index contributed by atoms with van der Waals surface area (Å²) in [7, 11) is 3.34. The van der Waals surface area contributed by atoms with Gasteiger partial charge >= 0.3 is 6.03 Å². The van der Waals surface area contributed by atoms with E-state index in [9.17, 15) is 9.59 Å². The molecule has 0 atom stereocenters. The molecule has 9 nitrogen and oxygen atoms in total. The average Bonchev–Trinajstić information content (AvgIpc) is 3.37. The molecule has 0 aromatic carbocycles. The normalized spacial score (nSPS) is 17.6. The summed E-state index contributed by atoms with van der Waals surface area (Å²) in [6.07, 6.45) is 10.2. The maximum absolute atomic E-state index is 13.5. The highest BCUT2D eigenvalue weighted by atomic mass is 16.5. The lowest BCUT2D eigenvalue weighted by atomic mass is 9.99. The number of ether oxygens (including phenoxy) is 1. The van der Waals surface area contributed by atoms with Gasteiger partial charge in [0.15, 0.2) is 0 Å². The fourth-order valence-corrected chi connectivity index (χ4v) is 5.43. The number of pyridine rings is 3. The van der Waals surface area contributed by atoms with Crippen molar-refractivity contribution in [1.82, 2.24) is 24.8 Å². The van der Waals surface area contributed by atoms with Gasteiger partial charge in [-0.25, -0.2) is 9.78 Å². The van der Waals surface area contributed by atoms with Gasteiger partial charge in [-0.05, 0) is 36.6 Å². The first-order valence-corrected chi connectivity index (χ1v) is 12.3. The standard InChI is InChI=1S/C27H28N6O3/c1-31-15-19-14-29-23-7-6-22(18-12-17-4-3-5-21(17)28-13-18)30-25(23)26(19)33(27(31)35)20-8-10-32(11-9-20)24(34)16-36-2/h3-4,6-7,12-14,20H,5,8-11,15-16H2,1-2H3. The van der Waals surface area contributed by atoms with E-state index in [-0.39, 0.29) is 24.6 Å². The van der Waals surface area contributed by atoms with Crippen LogP contribution in [0.3, 0.4) is 0 Å². The highest BCUT2D eigenvalue weighted by molar-refractivity contribution is 6.04. The Morgan fingerprint density at radius 3 is 2.81 bits per heavy atom. The van der Waals surface area contributed by atoms with Gasteiger partial charge in [-0.1, -0.05) is 12.2 Å². The number of likely N-dealkylation sites (tertiary alicyclic amines) is 1. The van der Waals surface area contributed by atoms with E-state index in [1.807, 2.05) is 41.4 Å². The number of carbonyl (C=O) groups excluding carboxylic acids is 2. The molecule has 36 heavy (non-hydrogen) atoms. The molecule has 3 aromatic rings. The molecule has 9 heteroatoms. The van der Waals surface area contributed by atoms with Gasteiger partial charge in [-0.3, -0.25) is 19.7 Å². The Morgan fingerprint density at radius 2 is 2.00 bits per heavy atom. The van der Waals surface area contributed by atoms with E-state index < -0.39 is 0 Å². The third kappa shape index (κ3) is 3.80. The third-order valence-corrected chi connectivity index (χ3v) is 7.30. The van der Waals surface area contributed by atoms with Gasteiger partial charge in [0.25, 0.3) is 0 Å². The van der Waals surface area contributed by atoms with Crippen LogP contribution < -0.4 is 4.90 Å². The first kappa shape index (κ1) is 22.6. The molecular formula is C27H28N6O3. The van der Waals surface area contributed by atoms with Crippen LogP contribution in [-0.4, -0.2) is 76.6 Å². The number of allylic oxidation sites excluding steroid dienone is 1. The number of piperidine rings is 1. The van der Waals surface area contributed by atoms with Crippen LogP contribution in [0.15, 0.2) is 36.7 Å². The molecule has 1 saturated heterocycles. The molecule has 6 rings (SSSR count). The molecule has 0 saturated carbocycles. The minimum atomic E-state index is -0.0480. The average molecular weight is 485 g/mol. The molecule has 0 bridgehead atoms. The number of amides is 3. The number of rotatable bonds is 4. The van der Waals surface area contributed by atoms with Crippen molar-refractivity contribution < 1.29 is 14.3 Å². The predicted octanol–water partition coefficient (Wildman–Crippen LogP) is 3.27. The Bertz CT molecular complexity index is 1400. The molecule has 0 spiro atoms. The van der Waals surface area contributed by atoms with E-state index >= 15 is 0 Å². The fraction of sp³-hybridized carbons (Fsp3) is 0.370. The minimum Gasteiger partial charge on any atom is -0.375 e. The summed E-state index contributed by atoms with van der Waals surface area (Å²) in [5, 5.41) is 0. The Hall–Kier alpha value is -3.85. The summed E-state index contributed by atoms with van der Waals surface area (Å²) in [5.74, 6) is -0.0165. The molecule has 1 fully saturated rings. The summed E-state index contributed by atoms with van der Waals surface area (Å²) < 4.78 is 5.01. The third-order valence-electron chi connectivity index (χ3n) is 7.30. The van der Waals surface area contributed by atoms with Crippen LogP contribution >= 0.6 is 0 Å². The largest absolute Gasteiger partial charge is 0.375 e. The second-order valence-corrected chi connectivity index (χ2v) is 9.62. The zero-order valence-corrected chi connectivity index (χ0v) is 20.5. The minimum absolute atomic E-state index is 0.0165. The number of hydrogen-bond donors (Lipinski definition) is 0. The summed E-state index contributed by atoms with van der Waals surface area (Å²) in [6, 6.07) is 5.96. The Labute approximate surface area is 209 Å². The molecule has 184 valence electrons. The van der Waals surface area contributed by atoms with Gasteiger partial charge in [-0.15, -0.1) is 0 Å². The van der Waals surface area contributed by atoms with Crippen molar-refractivity contribution in [3.8, 4) is 11.3 Å². The molecule has 3 aliphatic rings. The number of nitrogens with zero attached hydrogens (tertiary/aromatic N) is 6. The van der Waals surface area contributed by atoms with Gasteiger partial charge in [0, 0.05) is 63.2 Å². The van der Waals surface area contributed by atoms with Gasteiger partial charge < -0.3 is 14.5 Å². The van der Waals surface area contributed by atoms with Crippen LogP contribution in [0.25, 0.3) is 28.4 Å². The second-order valence-electron chi connectivity index (χ2n) is 9.62. The molecule has 0 radical (unpaired) electrons. The lowest BCUT2D eigenvalue weighted by molar-refractivity contribution is -0.136. The summed E-state index contributed by atoms with van der Waals surface area (Å²) in [4.78, 5) is 45.6. The van der Waals surface area contributed by atoms with E-state index in [4.69, 9.17) is 9.72 Å². The highest BCUT2D eigenvalue weighted by Crippen LogP contribution is 2.38. The van der Waals surface area contributed by atoms with E-state index in [1.54, 1.807) is 4.90 Å². The van der Waals surface area contributed by atoms with Crippen LogP contribution in [0, 0.1) is 0 Å². The zero-order valence-electron chi connectivity index (χ0n) is 20.5.